The van der Waals surface area contributed by atoms with E-state index in [1.165, 1.54) is 19.3 Å². The van der Waals surface area contributed by atoms with Gasteiger partial charge in [-0.1, -0.05) is 33.1 Å². The lowest BCUT2D eigenvalue weighted by molar-refractivity contribution is 0.219. The lowest BCUT2D eigenvalue weighted by atomic mass is 9.83. The van der Waals surface area contributed by atoms with Crippen LogP contribution in [0.3, 0.4) is 0 Å². The van der Waals surface area contributed by atoms with E-state index in [1.54, 1.807) is 6.20 Å². The van der Waals surface area contributed by atoms with Gasteiger partial charge in [0, 0.05) is 12.5 Å². The molecule has 1 saturated carbocycles. The predicted octanol–water partition coefficient (Wildman–Crippen LogP) is 2.63. The van der Waals surface area contributed by atoms with Crippen LogP contribution >= 0.6 is 0 Å². The van der Waals surface area contributed by atoms with Crippen molar-refractivity contribution in [3.05, 3.63) is 17.7 Å². The number of ether oxygens (including phenoxy) is 1. The molecule has 0 spiro atoms. The second-order valence-corrected chi connectivity index (χ2v) is 5.33. The summed E-state index contributed by atoms with van der Waals surface area (Å²) in [7, 11) is 0. The predicted molar refractivity (Wildman–Crippen MR) is 71.5 cm³/mol. The van der Waals surface area contributed by atoms with Crippen LogP contribution in [0, 0.1) is 5.92 Å². The van der Waals surface area contributed by atoms with Crippen LogP contribution in [0.2, 0.25) is 0 Å². The van der Waals surface area contributed by atoms with Crippen LogP contribution in [0.1, 0.15) is 57.0 Å². The van der Waals surface area contributed by atoms with Crippen LogP contribution < -0.4 is 10.5 Å². The minimum Gasteiger partial charge on any atom is -0.490 e. The summed E-state index contributed by atoms with van der Waals surface area (Å²) in [6.07, 6.45) is 7.00. The zero-order valence-corrected chi connectivity index (χ0v) is 11.4. The molecule has 1 heterocycles. The molecule has 1 aromatic heterocycles. The van der Waals surface area contributed by atoms with Gasteiger partial charge in [0.15, 0.2) is 5.75 Å². The van der Waals surface area contributed by atoms with Gasteiger partial charge in [-0.15, -0.1) is 0 Å². The van der Waals surface area contributed by atoms with Crippen molar-refractivity contribution in [2.24, 2.45) is 11.7 Å². The van der Waals surface area contributed by atoms with Crippen LogP contribution in [0.25, 0.3) is 0 Å². The number of nitrogens with two attached hydrogens (primary N) is 1. The molecular weight excluding hydrogens is 226 g/mol. The van der Waals surface area contributed by atoms with Crippen LogP contribution in [0.15, 0.2) is 6.20 Å². The molecule has 1 aliphatic rings. The fourth-order valence-electron chi connectivity index (χ4n) is 2.08. The summed E-state index contributed by atoms with van der Waals surface area (Å²) in [5.41, 5.74) is 6.54. The van der Waals surface area contributed by atoms with Crippen molar-refractivity contribution in [3.8, 4) is 5.75 Å². The zero-order valence-electron chi connectivity index (χ0n) is 11.4. The summed E-state index contributed by atoms with van der Waals surface area (Å²) in [6.45, 7) is 5.31. The first-order chi connectivity index (χ1) is 8.70. The van der Waals surface area contributed by atoms with E-state index in [-0.39, 0.29) is 0 Å². The molecule has 0 unspecified atom stereocenters. The third-order valence-electron chi connectivity index (χ3n) is 3.57. The van der Waals surface area contributed by atoms with E-state index in [1.807, 2.05) is 0 Å². The first-order valence-corrected chi connectivity index (χ1v) is 6.89. The largest absolute Gasteiger partial charge is 0.490 e. The topological polar surface area (TPSA) is 61.0 Å². The van der Waals surface area contributed by atoms with Gasteiger partial charge in [0.1, 0.15) is 5.82 Å². The molecule has 4 nitrogen and oxygen atoms in total. The highest BCUT2D eigenvalue weighted by molar-refractivity contribution is 5.25. The summed E-state index contributed by atoms with van der Waals surface area (Å²) < 4.78 is 5.76. The van der Waals surface area contributed by atoms with Crippen molar-refractivity contribution < 1.29 is 4.74 Å². The lowest BCUT2D eigenvalue weighted by Crippen LogP contribution is -2.16. The highest BCUT2D eigenvalue weighted by Crippen LogP contribution is 2.29. The Morgan fingerprint density at radius 3 is 2.78 bits per heavy atom. The van der Waals surface area contributed by atoms with E-state index in [4.69, 9.17) is 10.5 Å². The summed E-state index contributed by atoms with van der Waals surface area (Å²) in [5, 5.41) is 0. The van der Waals surface area contributed by atoms with Crippen molar-refractivity contribution in [1.82, 2.24) is 9.97 Å². The Morgan fingerprint density at radius 2 is 2.22 bits per heavy atom. The molecule has 1 fully saturated rings. The van der Waals surface area contributed by atoms with E-state index >= 15 is 0 Å². The third-order valence-corrected chi connectivity index (χ3v) is 3.57. The molecule has 0 bridgehead atoms. The Bertz CT molecular complexity index is 389. The SMILES string of the molecule is CC(C)c1ncc(OCCC2CCC2)c(CN)n1. The Labute approximate surface area is 109 Å². The Hall–Kier alpha value is -1.16. The van der Waals surface area contributed by atoms with Crippen LogP contribution in [0.5, 0.6) is 5.75 Å². The van der Waals surface area contributed by atoms with Crippen molar-refractivity contribution in [3.63, 3.8) is 0 Å². The molecule has 2 N–H and O–H groups in total. The van der Waals surface area contributed by atoms with Gasteiger partial charge in [0.2, 0.25) is 0 Å². The summed E-state index contributed by atoms with van der Waals surface area (Å²) in [6, 6.07) is 0. The zero-order chi connectivity index (χ0) is 13.0. The molecule has 0 saturated heterocycles. The molecule has 0 aromatic carbocycles. The Morgan fingerprint density at radius 1 is 1.44 bits per heavy atom. The molecule has 18 heavy (non-hydrogen) atoms. The van der Waals surface area contributed by atoms with E-state index in [2.05, 4.69) is 23.8 Å². The summed E-state index contributed by atoms with van der Waals surface area (Å²) in [5.74, 6) is 2.77. The molecule has 0 aliphatic heterocycles. The van der Waals surface area contributed by atoms with Gasteiger partial charge in [-0.05, 0) is 12.3 Å². The number of aromatic nitrogens is 2. The van der Waals surface area contributed by atoms with Gasteiger partial charge in [0.05, 0.1) is 18.5 Å². The number of hydrogen-bond acceptors (Lipinski definition) is 4. The maximum atomic E-state index is 5.76. The van der Waals surface area contributed by atoms with Crippen LogP contribution in [0.4, 0.5) is 0 Å². The third kappa shape index (κ3) is 3.19. The first kappa shape index (κ1) is 13.3. The molecular formula is C14H23N3O. The van der Waals surface area contributed by atoms with Crippen molar-refractivity contribution in [1.29, 1.82) is 0 Å². The Balaban J connectivity index is 1.93. The fourth-order valence-corrected chi connectivity index (χ4v) is 2.08. The van der Waals surface area contributed by atoms with Crippen LogP contribution in [-0.2, 0) is 6.54 Å². The highest BCUT2D eigenvalue weighted by Gasteiger charge is 2.17. The number of hydrogen-bond donors (Lipinski definition) is 1. The molecule has 0 atom stereocenters. The van der Waals surface area contributed by atoms with E-state index < -0.39 is 0 Å². The van der Waals surface area contributed by atoms with Crippen molar-refractivity contribution in [2.45, 2.75) is 52.0 Å². The standard InChI is InChI=1S/C14H23N3O/c1-10(2)14-16-9-13(12(8-15)17-14)18-7-6-11-4-3-5-11/h9-11H,3-8,15H2,1-2H3. The normalized spacial score (nSPS) is 15.8. The van der Waals surface area contributed by atoms with E-state index in [0.717, 1.165) is 36.2 Å². The van der Waals surface area contributed by atoms with Crippen LogP contribution in [-0.4, -0.2) is 16.6 Å². The second-order valence-electron chi connectivity index (χ2n) is 5.33. The maximum absolute atomic E-state index is 5.76. The molecule has 100 valence electrons. The van der Waals surface area contributed by atoms with Gasteiger partial charge >= 0.3 is 0 Å². The molecule has 2 rings (SSSR count). The summed E-state index contributed by atoms with van der Waals surface area (Å²) >= 11 is 0. The van der Waals surface area contributed by atoms with E-state index in [9.17, 15) is 0 Å². The van der Waals surface area contributed by atoms with Gasteiger partial charge in [-0.25, -0.2) is 9.97 Å². The smallest absolute Gasteiger partial charge is 0.160 e. The molecule has 0 radical (unpaired) electrons. The van der Waals surface area contributed by atoms with Gasteiger partial charge < -0.3 is 10.5 Å². The van der Waals surface area contributed by atoms with Gasteiger partial charge in [-0.3, -0.25) is 0 Å². The highest BCUT2D eigenvalue weighted by atomic mass is 16.5. The average Bonchev–Trinajstić information content (AvgIpc) is 2.32. The maximum Gasteiger partial charge on any atom is 0.160 e. The number of rotatable bonds is 6. The van der Waals surface area contributed by atoms with Gasteiger partial charge in [-0.2, -0.15) is 0 Å². The molecule has 1 aromatic rings. The van der Waals surface area contributed by atoms with Crippen molar-refractivity contribution in [2.75, 3.05) is 6.61 Å². The molecule has 1 aliphatic carbocycles. The number of nitrogens with zero attached hydrogens (tertiary/aromatic N) is 2. The second kappa shape index (κ2) is 6.14. The van der Waals surface area contributed by atoms with Crippen molar-refractivity contribution >= 4 is 0 Å². The fraction of sp³-hybridized carbons (Fsp3) is 0.714. The minimum atomic E-state index is 0.319. The summed E-state index contributed by atoms with van der Waals surface area (Å²) in [4.78, 5) is 8.79. The lowest BCUT2D eigenvalue weighted by Gasteiger charge is -2.25. The quantitative estimate of drug-likeness (QED) is 0.842. The molecule has 4 heteroatoms. The monoisotopic (exact) mass is 249 g/mol. The minimum absolute atomic E-state index is 0.319. The first-order valence-electron chi connectivity index (χ1n) is 6.89. The Kier molecular flexibility index (Phi) is 4.53. The van der Waals surface area contributed by atoms with Gasteiger partial charge in [0.25, 0.3) is 0 Å². The average molecular weight is 249 g/mol. The molecule has 0 amide bonds. The van der Waals surface area contributed by atoms with E-state index in [0.29, 0.717) is 12.5 Å².